The Kier molecular flexibility index (Phi) is 10.2. The van der Waals surface area contributed by atoms with Crippen LogP contribution in [0.25, 0.3) is 29.1 Å². The molecule has 0 fully saturated rings. The maximum Gasteiger partial charge on any atom is 0.0608 e. The topological polar surface area (TPSA) is 4.93 Å². The van der Waals surface area contributed by atoms with Crippen LogP contribution in [0.5, 0.6) is 0 Å². The molecule has 0 aliphatic carbocycles. The maximum atomic E-state index is 4.59. The lowest BCUT2D eigenvalue weighted by Crippen LogP contribution is -1.85. The Balaban J connectivity index is 0.00000112. The standard InChI is InChI=1S/C17H19NS.2C2H6/c1-5-8-13-12(4)10-11-16-17(13)14(9-6-2)15(7-3)18(16)19;2*1-2/h5-11,19H,3H2,1-2,4H3;2*1-2H3/b8-5-,9-6-;;. The Labute approximate surface area is 148 Å². The van der Waals surface area contributed by atoms with Gasteiger partial charge in [-0.15, -0.1) is 0 Å². The zero-order valence-electron chi connectivity index (χ0n) is 15.6. The molecule has 0 bridgehead atoms. The van der Waals surface area contributed by atoms with Crippen molar-refractivity contribution in [2.24, 2.45) is 0 Å². The van der Waals surface area contributed by atoms with Gasteiger partial charge in [-0.25, -0.2) is 0 Å². The predicted octanol–water partition coefficient (Wildman–Crippen LogP) is 7.40. The molecule has 0 atom stereocenters. The van der Waals surface area contributed by atoms with E-state index in [1.54, 1.807) is 0 Å². The van der Waals surface area contributed by atoms with Gasteiger partial charge in [0.2, 0.25) is 0 Å². The van der Waals surface area contributed by atoms with E-state index in [4.69, 9.17) is 0 Å². The highest BCUT2D eigenvalue weighted by Gasteiger charge is 2.15. The third-order valence-corrected chi connectivity index (χ3v) is 3.73. The quantitative estimate of drug-likeness (QED) is 0.560. The summed E-state index contributed by atoms with van der Waals surface area (Å²) in [5, 5.41) is 1.24. The van der Waals surface area contributed by atoms with Crippen molar-refractivity contribution in [2.75, 3.05) is 0 Å². The molecule has 0 radical (unpaired) electrons. The van der Waals surface area contributed by atoms with Gasteiger partial charge in [0.15, 0.2) is 0 Å². The Morgan fingerprint density at radius 2 is 1.48 bits per heavy atom. The number of thiol groups is 1. The van der Waals surface area contributed by atoms with Crippen molar-refractivity contribution in [1.29, 1.82) is 0 Å². The van der Waals surface area contributed by atoms with Crippen LogP contribution in [0, 0.1) is 6.92 Å². The van der Waals surface area contributed by atoms with Crippen molar-refractivity contribution in [3.8, 4) is 0 Å². The summed E-state index contributed by atoms with van der Waals surface area (Å²) in [5.74, 6) is 0. The minimum absolute atomic E-state index is 1.03. The van der Waals surface area contributed by atoms with Crippen molar-refractivity contribution in [1.82, 2.24) is 3.97 Å². The highest BCUT2D eigenvalue weighted by atomic mass is 32.1. The number of nitrogens with zero attached hydrogens (tertiary/aromatic N) is 1. The molecule has 0 saturated heterocycles. The van der Waals surface area contributed by atoms with Crippen molar-refractivity contribution in [2.45, 2.75) is 48.5 Å². The number of rotatable bonds is 3. The Morgan fingerprint density at radius 1 is 0.957 bits per heavy atom. The van der Waals surface area contributed by atoms with Crippen molar-refractivity contribution in [3.05, 3.63) is 53.2 Å². The molecule has 1 heterocycles. The number of hydrogen-bond acceptors (Lipinski definition) is 1. The molecule has 0 aliphatic rings. The lowest BCUT2D eigenvalue weighted by atomic mass is 9.99. The first kappa shape index (κ1) is 21.3. The average molecular weight is 330 g/mol. The van der Waals surface area contributed by atoms with Crippen molar-refractivity contribution >= 4 is 41.9 Å². The Bertz CT molecular complexity index is 688. The van der Waals surface area contributed by atoms with E-state index in [2.05, 4.69) is 62.8 Å². The highest BCUT2D eigenvalue weighted by molar-refractivity contribution is 7.78. The fourth-order valence-electron chi connectivity index (χ4n) is 2.46. The fraction of sp³-hybridized carbons (Fsp3) is 0.333. The van der Waals surface area contributed by atoms with Gasteiger partial charge in [-0.05, 0) is 44.0 Å². The van der Waals surface area contributed by atoms with Gasteiger partial charge < -0.3 is 0 Å². The van der Waals surface area contributed by atoms with Gasteiger partial charge in [0, 0.05) is 10.9 Å². The number of aromatic nitrogens is 1. The first-order valence-electron chi connectivity index (χ1n) is 8.40. The van der Waals surface area contributed by atoms with Crippen LogP contribution in [0.15, 0.2) is 30.9 Å². The van der Waals surface area contributed by atoms with E-state index in [0.717, 1.165) is 11.2 Å². The van der Waals surface area contributed by atoms with Gasteiger partial charge >= 0.3 is 0 Å². The van der Waals surface area contributed by atoms with E-state index in [-0.39, 0.29) is 0 Å². The number of hydrogen-bond donors (Lipinski definition) is 1. The van der Waals surface area contributed by atoms with Gasteiger partial charge in [-0.1, -0.05) is 77.5 Å². The SMILES string of the molecule is C=Cc1c(/C=C\C)c2c(/C=C\C)c(C)ccc2n1S.CC.CC. The third-order valence-electron chi connectivity index (χ3n) is 3.30. The molecule has 1 nitrogen and oxygen atoms in total. The number of benzene rings is 1. The molecule has 126 valence electrons. The van der Waals surface area contributed by atoms with E-state index in [1.165, 1.54) is 22.1 Å². The molecule has 2 heteroatoms. The van der Waals surface area contributed by atoms with E-state index in [9.17, 15) is 0 Å². The average Bonchev–Trinajstić information content (AvgIpc) is 2.86. The maximum absolute atomic E-state index is 4.59. The highest BCUT2D eigenvalue weighted by Crippen LogP contribution is 2.34. The van der Waals surface area contributed by atoms with Crippen molar-refractivity contribution in [3.63, 3.8) is 0 Å². The summed E-state index contributed by atoms with van der Waals surface area (Å²) >= 11 is 4.59. The van der Waals surface area contributed by atoms with Crippen LogP contribution in [0.1, 0.15) is 63.9 Å². The van der Waals surface area contributed by atoms with Crippen LogP contribution in [-0.4, -0.2) is 3.97 Å². The van der Waals surface area contributed by atoms with Gasteiger partial charge in [-0.3, -0.25) is 3.97 Å². The molecule has 0 amide bonds. The predicted molar refractivity (Wildman–Crippen MR) is 113 cm³/mol. The molecule has 0 N–H and O–H groups in total. The van der Waals surface area contributed by atoms with Crippen LogP contribution in [-0.2, 0) is 0 Å². The second kappa shape index (κ2) is 11.0. The van der Waals surface area contributed by atoms with Gasteiger partial charge in [0.25, 0.3) is 0 Å². The minimum Gasteiger partial charge on any atom is -0.286 e. The second-order valence-electron chi connectivity index (χ2n) is 4.51. The molecule has 0 aliphatic heterocycles. The Morgan fingerprint density at radius 3 is 1.96 bits per heavy atom. The van der Waals surface area contributed by atoms with Gasteiger partial charge in [0.1, 0.15) is 0 Å². The molecule has 1 aromatic heterocycles. The molecular formula is C21H31NS. The largest absolute Gasteiger partial charge is 0.286 e. The summed E-state index contributed by atoms with van der Waals surface area (Å²) in [6, 6.07) is 4.25. The van der Waals surface area contributed by atoms with Crippen LogP contribution in [0.4, 0.5) is 0 Å². The van der Waals surface area contributed by atoms with Crippen LogP contribution in [0.3, 0.4) is 0 Å². The lowest BCUT2D eigenvalue weighted by Gasteiger charge is -2.04. The first-order chi connectivity index (χ1) is 11.2. The normalized spacial score (nSPS) is 10.4. The van der Waals surface area contributed by atoms with E-state index >= 15 is 0 Å². The molecule has 0 spiro atoms. The van der Waals surface area contributed by atoms with E-state index in [0.29, 0.717) is 0 Å². The molecule has 2 aromatic rings. The molecule has 1 aromatic carbocycles. The summed E-state index contributed by atoms with van der Waals surface area (Å²) in [6.45, 7) is 18.1. The number of allylic oxidation sites excluding steroid dienone is 2. The Hall–Kier alpha value is -1.67. The second-order valence-corrected chi connectivity index (χ2v) is 4.91. The lowest BCUT2D eigenvalue weighted by molar-refractivity contribution is 1.32. The summed E-state index contributed by atoms with van der Waals surface area (Å²) in [5.41, 5.74) is 5.85. The van der Waals surface area contributed by atoms with Crippen molar-refractivity contribution < 1.29 is 0 Å². The molecular weight excluding hydrogens is 298 g/mol. The van der Waals surface area contributed by atoms with Gasteiger partial charge in [-0.2, -0.15) is 0 Å². The summed E-state index contributed by atoms with van der Waals surface area (Å²) in [6.07, 6.45) is 10.3. The zero-order chi connectivity index (χ0) is 18.0. The minimum atomic E-state index is 1.03. The number of fused-ring (bicyclic) bond motifs is 1. The third kappa shape index (κ3) is 4.42. The summed E-state index contributed by atoms with van der Waals surface area (Å²) in [7, 11) is 0. The smallest absolute Gasteiger partial charge is 0.0608 e. The summed E-state index contributed by atoms with van der Waals surface area (Å²) in [4.78, 5) is 0. The van der Waals surface area contributed by atoms with Gasteiger partial charge in [0.05, 0.1) is 11.2 Å². The molecule has 0 saturated carbocycles. The number of aryl methyl sites for hydroxylation is 1. The first-order valence-corrected chi connectivity index (χ1v) is 8.80. The molecule has 23 heavy (non-hydrogen) atoms. The molecule has 0 unspecified atom stereocenters. The van der Waals surface area contributed by atoms with Crippen LogP contribution >= 0.6 is 12.8 Å². The fourth-order valence-corrected chi connectivity index (χ4v) is 2.81. The van der Waals surface area contributed by atoms with Crippen LogP contribution in [0.2, 0.25) is 0 Å². The van der Waals surface area contributed by atoms with E-state index < -0.39 is 0 Å². The molecule has 2 rings (SSSR count). The zero-order valence-corrected chi connectivity index (χ0v) is 16.5. The summed E-state index contributed by atoms with van der Waals surface area (Å²) < 4.78 is 1.91. The van der Waals surface area contributed by atoms with E-state index in [1.807, 2.05) is 51.6 Å². The monoisotopic (exact) mass is 329 g/mol. The van der Waals surface area contributed by atoms with Crippen LogP contribution < -0.4 is 0 Å².